The molecule has 3 aromatic rings. The van der Waals surface area contributed by atoms with Gasteiger partial charge in [0.05, 0.1) is 6.04 Å². The molecule has 0 radical (unpaired) electrons. The molecule has 168 valence electrons. The lowest BCUT2D eigenvalue weighted by atomic mass is 9.95. The fourth-order valence-electron chi connectivity index (χ4n) is 3.24. The van der Waals surface area contributed by atoms with Crippen LogP contribution >= 0.6 is 11.5 Å². The average molecular weight is 483 g/mol. The Morgan fingerprint density at radius 1 is 1.16 bits per heavy atom. The molecule has 0 saturated heterocycles. The number of nitrogens with zero attached hydrogens (tertiary/aromatic N) is 2. The van der Waals surface area contributed by atoms with E-state index in [-0.39, 0.29) is 23.6 Å². The van der Waals surface area contributed by atoms with Gasteiger partial charge in [0.15, 0.2) is 11.6 Å². The Hall–Kier alpha value is -2.96. The standard InChI is InChI=1S/C20H17F3N4O3S2/c21-13-5-3-12(4-6-13)14-2-1-7-24-17(14)10-30-18-8-16(23)19(9-15(18)22)32(28,29)27-20-25-11-26-31-20/h2-6,8-9,11,17,24H,1,7,10H2,(H,25,26,27). The van der Waals surface area contributed by atoms with Gasteiger partial charge in [-0.2, -0.15) is 4.37 Å². The molecule has 1 aliphatic heterocycles. The molecule has 0 fully saturated rings. The number of benzene rings is 2. The van der Waals surface area contributed by atoms with E-state index < -0.39 is 32.3 Å². The summed E-state index contributed by atoms with van der Waals surface area (Å²) < 4.78 is 78.2. The van der Waals surface area contributed by atoms with Gasteiger partial charge >= 0.3 is 0 Å². The van der Waals surface area contributed by atoms with Crippen LogP contribution in [0.15, 0.2) is 53.7 Å². The number of aromatic nitrogens is 2. The zero-order valence-corrected chi connectivity index (χ0v) is 18.0. The summed E-state index contributed by atoms with van der Waals surface area (Å²) in [5.74, 6) is -3.00. The number of halogens is 3. The van der Waals surface area contributed by atoms with E-state index in [1.807, 2.05) is 10.8 Å². The Kier molecular flexibility index (Phi) is 6.44. The summed E-state index contributed by atoms with van der Waals surface area (Å²) in [5.41, 5.74) is 1.63. The summed E-state index contributed by atoms with van der Waals surface area (Å²) in [6.45, 7) is 0.610. The smallest absolute Gasteiger partial charge is 0.266 e. The van der Waals surface area contributed by atoms with Gasteiger partial charge < -0.3 is 10.1 Å². The van der Waals surface area contributed by atoms with E-state index in [1.165, 1.54) is 12.1 Å². The van der Waals surface area contributed by atoms with Crippen LogP contribution in [-0.4, -0.2) is 37.0 Å². The van der Waals surface area contributed by atoms with E-state index in [0.29, 0.717) is 18.7 Å². The van der Waals surface area contributed by atoms with Crippen LogP contribution in [0.2, 0.25) is 0 Å². The Morgan fingerprint density at radius 2 is 1.94 bits per heavy atom. The molecule has 1 aliphatic rings. The van der Waals surface area contributed by atoms with Gasteiger partial charge in [-0.25, -0.2) is 26.6 Å². The Morgan fingerprint density at radius 3 is 2.66 bits per heavy atom. The van der Waals surface area contributed by atoms with Crippen LogP contribution in [0.5, 0.6) is 5.75 Å². The van der Waals surface area contributed by atoms with Crippen molar-refractivity contribution >= 4 is 32.3 Å². The number of sulfonamides is 1. The van der Waals surface area contributed by atoms with Gasteiger partial charge in [0.2, 0.25) is 5.13 Å². The second-order valence-corrected chi connectivity index (χ2v) is 9.27. The summed E-state index contributed by atoms with van der Waals surface area (Å²) in [4.78, 5) is 2.78. The van der Waals surface area contributed by atoms with Gasteiger partial charge in [0.25, 0.3) is 10.0 Å². The van der Waals surface area contributed by atoms with Crippen molar-refractivity contribution in [2.75, 3.05) is 17.9 Å². The van der Waals surface area contributed by atoms with Crippen LogP contribution < -0.4 is 14.8 Å². The summed E-state index contributed by atoms with van der Waals surface area (Å²) in [6.07, 6.45) is 3.86. The predicted octanol–water partition coefficient (Wildman–Crippen LogP) is 3.58. The summed E-state index contributed by atoms with van der Waals surface area (Å²) >= 11 is 0.755. The van der Waals surface area contributed by atoms with Crippen LogP contribution in [0.1, 0.15) is 12.0 Å². The molecule has 2 N–H and O–H groups in total. The third-order valence-corrected chi connectivity index (χ3v) is 6.78. The van der Waals surface area contributed by atoms with Crippen LogP contribution in [0.3, 0.4) is 0 Å². The normalized spacial score (nSPS) is 16.5. The van der Waals surface area contributed by atoms with Gasteiger partial charge in [-0.1, -0.05) is 18.2 Å². The van der Waals surface area contributed by atoms with Crippen molar-refractivity contribution in [2.45, 2.75) is 17.4 Å². The van der Waals surface area contributed by atoms with Gasteiger partial charge in [0, 0.05) is 23.7 Å². The molecule has 0 spiro atoms. The summed E-state index contributed by atoms with van der Waals surface area (Å²) in [6, 6.07) is 6.84. The van der Waals surface area contributed by atoms with E-state index in [1.54, 1.807) is 12.1 Å². The maximum absolute atomic E-state index is 14.6. The monoisotopic (exact) mass is 482 g/mol. The van der Waals surface area contributed by atoms with E-state index in [2.05, 4.69) is 14.7 Å². The quantitative estimate of drug-likeness (QED) is 0.535. The highest BCUT2D eigenvalue weighted by Crippen LogP contribution is 2.28. The molecular weight excluding hydrogens is 465 g/mol. The lowest BCUT2D eigenvalue weighted by Gasteiger charge is -2.26. The molecule has 4 rings (SSSR count). The molecule has 1 unspecified atom stereocenters. The maximum Gasteiger partial charge on any atom is 0.266 e. The number of rotatable bonds is 7. The minimum Gasteiger partial charge on any atom is -0.488 e. The van der Waals surface area contributed by atoms with Crippen molar-refractivity contribution in [3.05, 3.63) is 71.8 Å². The van der Waals surface area contributed by atoms with Crippen molar-refractivity contribution < 1.29 is 26.3 Å². The fourth-order valence-corrected chi connectivity index (χ4v) is 4.97. The molecule has 0 aliphatic carbocycles. The molecule has 0 saturated carbocycles. The highest BCUT2D eigenvalue weighted by molar-refractivity contribution is 7.93. The predicted molar refractivity (Wildman–Crippen MR) is 113 cm³/mol. The third-order valence-electron chi connectivity index (χ3n) is 4.72. The number of ether oxygens (including phenoxy) is 1. The minimum atomic E-state index is -4.40. The molecular formula is C20H17F3N4O3S2. The molecule has 7 nitrogen and oxygen atoms in total. The Labute approximate surface area is 186 Å². The molecule has 12 heteroatoms. The molecule has 0 amide bonds. The fraction of sp³-hybridized carbons (Fsp3) is 0.200. The Balaban J connectivity index is 1.51. The van der Waals surface area contributed by atoms with Crippen molar-refractivity contribution in [1.29, 1.82) is 0 Å². The SMILES string of the molecule is O=S(=O)(Nc1ncns1)c1cc(F)c(OCC2NCCC=C2c2ccc(F)cc2)cc1F. The number of nitrogens with one attached hydrogen (secondary N) is 2. The lowest BCUT2D eigenvalue weighted by Crippen LogP contribution is -2.38. The molecule has 2 heterocycles. The number of hydrogen-bond donors (Lipinski definition) is 2. The van der Waals surface area contributed by atoms with Crippen LogP contribution in [-0.2, 0) is 10.0 Å². The van der Waals surface area contributed by atoms with Gasteiger partial charge in [0.1, 0.15) is 29.5 Å². The first-order chi connectivity index (χ1) is 15.3. The molecule has 1 aromatic heterocycles. The molecule has 2 aromatic carbocycles. The Bertz CT molecular complexity index is 1230. The van der Waals surface area contributed by atoms with Crippen molar-refractivity contribution in [1.82, 2.24) is 14.7 Å². The second-order valence-electron chi connectivity index (χ2n) is 6.84. The average Bonchev–Trinajstić information content (AvgIpc) is 3.27. The third kappa shape index (κ3) is 4.92. The van der Waals surface area contributed by atoms with E-state index in [9.17, 15) is 21.6 Å². The maximum atomic E-state index is 14.6. The summed E-state index contributed by atoms with van der Waals surface area (Å²) in [5, 5.41) is 3.15. The minimum absolute atomic E-state index is 0.0469. The largest absolute Gasteiger partial charge is 0.488 e. The van der Waals surface area contributed by atoms with E-state index in [4.69, 9.17) is 4.74 Å². The number of anilines is 1. The van der Waals surface area contributed by atoms with Crippen LogP contribution in [0.4, 0.5) is 18.3 Å². The number of hydrogen-bond acceptors (Lipinski definition) is 7. The second kappa shape index (κ2) is 9.27. The van der Waals surface area contributed by atoms with E-state index in [0.717, 1.165) is 35.4 Å². The van der Waals surface area contributed by atoms with Gasteiger partial charge in [-0.3, -0.25) is 4.72 Å². The van der Waals surface area contributed by atoms with E-state index >= 15 is 0 Å². The van der Waals surface area contributed by atoms with Gasteiger partial charge in [-0.05, 0) is 36.2 Å². The van der Waals surface area contributed by atoms with Crippen molar-refractivity contribution in [3.63, 3.8) is 0 Å². The first-order valence-electron chi connectivity index (χ1n) is 9.44. The van der Waals surface area contributed by atoms with Crippen LogP contribution in [0, 0.1) is 17.5 Å². The van der Waals surface area contributed by atoms with Crippen molar-refractivity contribution in [3.8, 4) is 5.75 Å². The highest BCUT2D eigenvalue weighted by atomic mass is 32.2. The first kappa shape index (κ1) is 22.2. The molecule has 1 atom stereocenters. The molecule has 0 bridgehead atoms. The highest BCUT2D eigenvalue weighted by Gasteiger charge is 2.25. The van der Waals surface area contributed by atoms with Crippen LogP contribution in [0.25, 0.3) is 5.57 Å². The lowest BCUT2D eigenvalue weighted by molar-refractivity contribution is 0.273. The zero-order chi connectivity index (χ0) is 22.7. The van der Waals surface area contributed by atoms with Crippen molar-refractivity contribution in [2.24, 2.45) is 0 Å². The first-order valence-corrected chi connectivity index (χ1v) is 11.7. The van der Waals surface area contributed by atoms with Gasteiger partial charge in [-0.15, -0.1) is 0 Å². The molecule has 32 heavy (non-hydrogen) atoms. The summed E-state index contributed by atoms with van der Waals surface area (Å²) in [7, 11) is -4.40. The topological polar surface area (TPSA) is 93.2 Å². The zero-order valence-electron chi connectivity index (χ0n) is 16.4.